The first-order valence-electron chi connectivity index (χ1n) is 3.85. The summed E-state index contributed by atoms with van der Waals surface area (Å²) in [5.74, 6) is 0.390. The Hall–Kier alpha value is -0.780. The highest BCUT2D eigenvalue weighted by molar-refractivity contribution is 7.85. The summed E-state index contributed by atoms with van der Waals surface area (Å²) in [4.78, 5) is -0.244. The molecule has 0 aliphatic carbocycles. The molecule has 0 spiro atoms. The molecule has 0 aromatic heterocycles. The van der Waals surface area contributed by atoms with Gasteiger partial charge in [-0.2, -0.15) is 8.42 Å². The van der Waals surface area contributed by atoms with Crippen molar-refractivity contribution in [2.24, 2.45) is 0 Å². The summed E-state index contributed by atoms with van der Waals surface area (Å²) in [6.45, 7) is 2.22. The predicted molar refractivity (Wildman–Crippen MR) is 52.4 cm³/mol. The highest BCUT2D eigenvalue weighted by Gasteiger charge is 2.11. The Bertz CT molecular complexity index is 427. The molecule has 1 aromatic rings. The van der Waals surface area contributed by atoms with Crippen LogP contribution in [0.15, 0.2) is 23.1 Å². The Balaban J connectivity index is 3.13. The van der Waals surface area contributed by atoms with Crippen molar-refractivity contribution in [3.05, 3.63) is 23.2 Å². The van der Waals surface area contributed by atoms with Gasteiger partial charge < -0.3 is 4.74 Å². The molecule has 0 atom stereocenters. The van der Waals surface area contributed by atoms with Crippen LogP contribution in [0.3, 0.4) is 0 Å². The summed E-state index contributed by atoms with van der Waals surface area (Å²) in [6, 6.07) is 3.77. The zero-order chi connectivity index (χ0) is 10.8. The van der Waals surface area contributed by atoms with E-state index in [1.54, 1.807) is 6.92 Å². The van der Waals surface area contributed by atoms with E-state index in [4.69, 9.17) is 20.9 Å². The minimum absolute atomic E-state index is 0.155. The maximum absolute atomic E-state index is 10.7. The second-order valence-electron chi connectivity index (χ2n) is 2.50. The van der Waals surface area contributed by atoms with Gasteiger partial charge in [-0.1, -0.05) is 11.6 Å². The second kappa shape index (κ2) is 4.16. The smallest absolute Gasteiger partial charge is 0.294 e. The Morgan fingerprint density at radius 1 is 1.50 bits per heavy atom. The molecule has 1 aromatic carbocycles. The molecule has 0 amide bonds. The van der Waals surface area contributed by atoms with E-state index in [1.807, 2.05) is 0 Å². The Labute approximate surface area is 87.2 Å². The van der Waals surface area contributed by atoms with Crippen molar-refractivity contribution in [2.45, 2.75) is 11.8 Å². The van der Waals surface area contributed by atoms with Crippen LogP contribution in [0.4, 0.5) is 0 Å². The Kier molecular flexibility index (Phi) is 3.36. The quantitative estimate of drug-likeness (QED) is 0.816. The van der Waals surface area contributed by atoms with Gasteiger partial charge in [0.05, 0.1) is 16.5 Å². The minimum Gasteiger partial charge on any atom is -0.492 e. The number of hydrogen-bond acceptors (Lipinski definition) is 3. The lowest BCUT2D eigenvalue weighted by atomic mass is 10.3. The molecule has 0 aliphatic rings. The summed E-state index contributed by atoms with van der Waals surface area (Å²) in [7, 11) is -4.20. The lowest BCUT2D eigenvalue weighted by Crippen LogP contribution is -1.99. The van der Waals surface area contributed by atoms with E-state index < -0.39 is 10.1 Å². The predicted octanol–water partition coefficient (Wildman–Crippen LogP) is 1.99. The number of halogens is 1. The zero-order valence-electron chi connectivity index (χ0n) is 7.40. The average Bonchev–Trinajstić information content (AvgIpc) is 2.07. The molecule has 0 radical (unpaired) electrons. The highest BCUT2D eigenvalue weighted by Crippen LogP contribution is 2.27. The van der Waals surface area contributed by atoms with Crippen LogP contribution in [-0.2, 0) is 10.1 Å². The van der Waals surface area contributed by atoms with E-state index >= 15 is 0 Å². The first-order valence-corrected chi connectivity index (χ1v) is 5.66. The fraction of sp³-hybridized carbons (Fsp3) is 0.250. The van der Waals surface area contributed by atoms with Crippen LogP contribution in [-0.4, -0.2) is 19.6 Å². The molecule has 0 bridgehead atoms. The van der Waals surface area contributed by atoms with E-state index in [1.165, 1.54) is 12.1 Å². The maximum atomic E-state index is 10.7. The summed E-state index contributed by atoms with van der Waals surface area (Å²) in [6.07, 6.45) is 0. The van der Waals surface area contributed by atoms with E-state index in [0.29, 0.717) is 12.4 Å². The van der Waals surface area contributed by atoms with Crippen LogP contribution in [0, 0.1) is 0 Å². The summed E-state index contributed by atoms with van der Waals surface area (Å²) < 4.78 is 35.2. The number of ether oxygens (including phenoxy) is 1. The standard InChI is InChI=1S/C8H9ClO4S/c1-2-13-8-4-3-6(5-7(8)9)14(10,11)12/h3-5H,2H2,1H3,(H,10,11,12). The highest BCUT2D eigenvalue weighted by atomic mass is 35.5. The Morgan fingerprint density at radius 3 is 2.57 bits per heavy atom. The molecule has 1 N–H and O–H groups in total. The van der Waals surface area contributed by atoms with Crippen molar-refractivity contribution in [1.29, 1.82) is 0 Å². The monoisotopic (exact) mass is 236 g/mol. The molecule has 1 rings (SSSR count). The fourth-order valence-corrected chi connectivity index (χ4v) is 1.72. The molecule has 6 heteroatoms. The third-order valence-corrected chi connectivity index (χ3v) is 2.65. The van der Waals surface area contributed by atoms with Crippen LogP contribution >= 0.6 is 11.6 Å². The first kappa shape index (κ1) is 11.3. The number of hydrogen-bond donors (Lipinski definition) is 1. The topological polar surface area (TPSA) is 63.6 Å². The Morgan fingerprint density at radius 2 is 2.14 bits per heavy atom. The van der Waals surface area contributed by atoms with Gasteiger partial charge in [0, 0.05) is 0 Å². The van der Waals surface area contributed by atoms with Crippen LogP contribution < -0.4 is 4.74 Å². The lowest BCUT2D eigenvalue weighted by molar-refractivity contribution is 0.340. The van der Waals surface area contributed by atoms with Crippen molar-refractivity contribution < 1.29 is 17.7 Å². The van der Waals surface area contributed by atoms with E-state index in [9.17, 15) is 8.42 Å². The van der Waals surface area contributed by atoms with Gasteiger partial charge >= 0.3 is 0 Å². The molecule has 0 saturated carbocycles. The molecule has 78 valence electrons. The fourth-order valence-electron chi connectivity index (χ4n) is 0.915. The molecular weight excluding hydrogens is 228 g/mol. The lowest BCUT2D eigenvalue weighted by Gasteiger charge is -2.05. The third kappa shape index (κ3) is 2.60. The van der Waals surface area contributed by atoms with Gasteiger partial charge in [-0.15, -0.1) is 0 Å². The molecular formula is C8H9ClO4S. The van der Waals surface area contributed by atoms with Crippen molar-refractivity contribution >= 4 is 21.7 Å². The van der Waals surface area contributed by atoms with Crippen LogP contribution in [0.2, 0.25) is 5.02 Å². The van der Waals surface area contributed by atoms with Gasteiger partial charge in [-0.05, 0) is 25.1 Å². The van der Waals surface area contributed by atoms with Crippen molar-refractivity contribution in [1.82, 2.24) is 0 Å². The maximum Gasteiger partial charge on any atom is 0.294 e. The zero-order valence-corrected chi connectivity index (χ0v) is 8.97. The van der Waals surface area contributed by atoms with E-state index in [2.05, 4.69) is 0 Å². The molecule has 0 fully saturated rings. The van der Waals surface area contributed by atoms with Crippen molar-refractivity contribution in [3.63, 3.8) is 0 Å². The molecule has 0 heterocycles. The van der Waals surface area contributed by atoms with Crippen LogP contribution in [0.1, 0.15) is 6.92 Å². The van der Waals surface area contributed by atoms with Gasteiger partial charge in [0.1, 0.15) is 5.75 Å². The number of rotatable bonds is 3. The normalized spacial score (nSPS) is 11.4. The van der Waals surface area contributed by atoms with Gasteiger partial charge in [0.2, 0.25) is 0 Å². The van der Waals surface area contributed by atoms with Crippen LogP contribution in [0.5, 0.6) is 5.75 Å². The largest absolute Gasteiger partial charge is 0.492 e. The third-order valence-electron chi connectivity index (χ3n) is 1.50. The van der Waals surface area contributed by atoms with Gasteiger partial charge in [-0.25, -0.2) is 0 Å². The first-order chi connectivity index (χ1) is 6.45. The molecule has 0 unspecified atom stereocenters. The van der Waals surface area contributed by atoms with Gasteiger partial charge in [0.15, 0.2) is 0 Å². The van der Waals surface area contributed by atoms with Gasteiger partial charge in [-0.3, -0.25) is 4.55 Å². The number of benzene rings is 1. The molecule has 4 nitrogen and oxygen atoms in total. The molecule has 0 aliphatic heterocycles. The van der Waals surface area contributed by atoms with Crippen molar-refractivity contribution in [2.75, 3.05) is 6.61 Å². The SMILES string of the molecule is CCOc1ccc(S(=O)(=O)O)cc1Cl. The molecule has 0 saturated heterocycles. The summed E-state index contributed by atoms with van der Waals surface area (Å²) in [5, 5.41) is 0.155. The average molecular weight is 237 g/mol. The van der Waals surface area contributed by atoms with Crippen molar-refractivity contribution in [3.8, 4) is 5.75 Å². The molecule has 14 heavy (non-hydrogen) atoms. The summed E-state index contributed by atoms with van der Waals surface area (Å²) >= 11 is 5.71. The minimum atomic E-state index is -4.20. The van der Waals surface area contributed by atoms with E-state index in [-0.39, 0.29) is 9.92 Å². The summed E-state index contributed by atoms with van der Waals surface area (Å²) in [5.41, 5.74) is 0. The van der Waals surface area contributed by atoms with E-state index in [0.717, 1.165) is 6.07 Å². The van der Waals surface area contributed by atoms with Crippen LogP contribution in [0.25, 0.3) is 0 Å². The second-order valence-corrected chi connectivity index (χ2v) is 4.33. The van der Waals surface area contributed by atoms with Gasteiger partial charge in [0.25, 0.3) is 10.1 Å².